The molecule has 3 heterocycles. The van der Waals surface area contributed by atoms with Crippen molar-refractivity contribution in [2.45, 2.75) is 19.3 Å². The zero-order valence-electron chi connectivity index (χ0n) is 18.7. The van der Waals surface area contributed by atoms with Crippen molar-refractivity contribution in [1.82, 2.24) is 25.3 Å². The summed E-state index contributed by atoms with van der Waals surface area (Å²) in [6.45, 7) is 2.45. The first kappa shape index (κ1) is 22.9. The number of aromatic amines is 1. The number of aryl methyl sites for hydroxylation is 1. The highest BCUT2D eigenvalue weighted by molar-refractivity contribution is 5.92. The summed E-state index contributed by atoms with van der Waals surface area (Å²) in [5.74, 6) is 0.0447. The Morgan fingerprint density at radius 2 is 1.88 bits per heavy atom. The maximum Gasteiger partial charge on any atom is 0.250 e. The number of rotatable bonds is 11. The summed E-state index contributed by atoms with van der Waals surface area (Å²) in [5.41, 5.74) is 10.1. The van der Waals surface area contributed by atoms with Crippen LogP contribution in [-0.2, 0) is 6.42 Å². The van der Waals surface area contributed by atoms with E-state index in [1.165, 1.54) is 11.8 Å². The molecule has 0 fully saturated rings. The van der Waals surface area contributed by atoms with Crippen LogP contribution in [-0.4, -0.2) is 45.5 Å². The molecule has 0 unspecified atom stereocenters. The number of amides is 1. The molecule has 0 saturated heterocycles. The first-order chi connectivity index (χ1) is 16.6. The molecule has 9 heteroatoms. The lowest BCUT2D eigenvalue weighted by molar-refractivity contribution is 0.1000. The third-order valence-corrected chi connectivity index (χ3v) is 5.53. The Morgan fingerprint density at radius 3 is 2.62 bits per heavy atom. The van der Waals surface area contributed by atoms with Crippen molar-refractivity contribution in [3.8, 4) is 17.3 Å². The quantitative estimate of drug-likeness (QED) is 0.255. The number of nitriles is 1. The molecule has 0 atom stereocenters. The topological polar surface area (TPSA) is 145 Å². The van der Waals surface area contributed by atoms with Crippen LogP contribution in [0.15, 0.2) is 55.1 Å². The zero-order chi connectivity index (χ0) is 23.8. The predicted octanol–water partition coefficient (Wildman–Crippen LogP) is 3.01. The lowest BCUT2D eigenvalue weighted by Gasteiger charge is -2.07. The molecule has 4 aromatic rings. The van der Waals surface area contributed by atoms with Crippen LogP contribution in [0.1, 0.15) is 34.3 Å². The lowest BCUT2D eigenvalue weighted by atomic mass is 10.1. The van der Waals surface area contributed by atoms with Crippen LogP contribution in [0, 0.1) is 11.3 Å². The molecule has 4 rings (SSSR count). The van der Waals surface area contributed by atoms with Crippen molar-refractivity contribution >= 4 is 22.8 Å². The van der Waals surface area contributed by atoms with Gasteiger partial charge in [-0.3, -0.25) is 9.78 Å². The number of nitrogens with zero attached hydrogens (tertiary/aromatic N) is 4. The van der Waals surface area contributed by atoms with Crippen molar-refractivity contribution in [3.05, 3.63) is 71.8 Å². The molecular formula is C25H26N8O. The average molecular weight is 455 g/mol. The number of unbranched alkanes of at least 4 members (excludes halogenated alkanes) is 1. The number of fused-ring (bicyclic) bond motifs is 1. The number of hydrogen-bond donors (Lipinski definition) is 4. The van der Waals surface area contributed by atoms with Crippen LogP contribution in [0.4, 0.5) is 5.95 Å². The van der Waals surface area contributed by atoms with Gasteiger partial charge in [-0.1, -0.05) is 0 Å². The van der Waals surface area contributed by atoms with Gasteiger partial charge in [0.05, 0.1) is 22.9 Å². The maximum absolute atomic E-state index is 11.1. The number of hydrogen-bond acceptors (Lipinski definition) is 7. The van der Waals surface area contributed by atoms with Crippen molar-refractivity contribution in [3.63, 3.8) is 0 Å². The molecule has 0 radical (unpaired) electrons. The molecular weight excluding hydrogens is 428 g/mol. The van der Waals surface area contributed by atoms with Crippen molar-refractivity contribution in [1.29, 1.82) is 5.26 Å². The molecule has 0 aliphatic heterocycles. The Balaban J connectivity index is 1.13. The number of nitrogens with two attached hydrogens (primary N) is 1. The highest BCUT2D eigenvalue weighted by Crippen LogP contribution is 2.21. The second-order valence-electron chi connectivity index (χ2n) is 7.91. The summed E-state index contributed by atoms with van der Waals surface area (Å²) < 4.78 is 0. The van der Waals surface area contributed by atoms with E-state index in [4.69, 9.17) is 11.0 Å². The largest absolute Gasteiger partial charge is 0.366 e. The predicted molar refractivity (Wildman–Crippen MR) is 131 cm³/mol. The van der Waals surface area contributed by atoms with Gasteiger partial charge >= 0.3 is 0 Å². The number of carbonyl (C=O) groups is 1. The number of nitrogens with one attached hydrogen (secondary N) is 3. The van der Waals surface area contributed by atoms with Crippen LogP contribution >= 0.6 is 0 Å². The van der Waals surface area contributed by atoms with Crippen molar-refractivity contribution in [2.75, 3.05) is 25.0 Å². The van der Waals surface area contributed by atoms with Gasteiger partial charge in [-0.05, 0) is 61.7 Å². The molecule has 1 aromatic carbocycles. The minimum atomic E-state index is -0.507. The molecule has 5 N–H and O–H groups in total. The highest BCUT2D eigenvalue weighted by atomic mass is 16.1. The first-order valence-corrected chi connectivity index (χ1v) is 11.2. The Kier molecular flexibility index (Phi) is 7.42. The summed E-state index contributed by atoms with van der Waals surface area (Å²) in [5, 5.41) is 16.9. The van der Waals surface area contributed by atoms with Crippen LogP contribution in [0.2, 0.25) is 0 Å². The number of pyridine rings is 1. The van der Waals surface area contributed by atoms with E-state index >= 15 is 0 Å². The summed E-state index contributed by atoms with van der Waals surface area (Å²) in [7, 11) is 0. The monoisotopic (exact) mass is 454 g/mol. The Labute approximate surface area is 197 Å². The average Bonchev–Trinajstić information content (AvgIpc) is 3.28. The van der Waals surface area contributed by atoms with Gasteiger partial charge < -0.3 is 21.4 Å². The normalized spacial score (nSPS) is 10.8. The number of aromatic nitrogens is 4. The van der Waals surface area contributed by atoms with E-state index in [1.807, 2.05) is 24.4 Å². The van der Waals surface area contributed by atoms with E-state index in [2.05, 4.69) is 36.6 Å². The number of H-pyrrole nitrogens is 1. The molecule has 1 amide bonds. The smallest absolute Gasteiger partial charge is 0.250 e. The van der Waals surface area contributed by atoms with Gasteiger partial charge in [0, 0.05) is 54.3 Å². The van der Waals surface area contributed by atoms with Gasteiger partial charge in [0.15, 0.2) is 0 Å². The van der Waals surface area contributed by atoms with Gasteiger partial charge in [-0.2, -0.15) is 5.26 Å². The summed E-state index contributed by atoms with van der Waals surface area (Å²) in [4.78, 5) is 27.3. The van der Waals surface area contributed by atoms with Crippen LogP contribution in [0.25, 0.3) is 22.2 Å². The fourth-order valence-corrected chi connectivity index (χ4v) is 3.67. The molecule has 0 saturated carbocycles. The second-order valence-corrected chi connectivity index (χ2v) is 7.91. The molecule has 0 spiro atoms. The van der Waals surface area contributed by atoms with Gasteiger partial charge in [0.25, 0.3) is 0 Å². The number of primary amides is 1. The second kappa shape index (κ2) is 11.0. The Bertz CT molecular complexity index is 1290. The van der Waals surface area contributed by atoms with Crippen LogP contribution in [0.5, 0.6) is 0 Å². The van der Waals surface area contributed by atoms with Gasteiger partial charge in [0.2, 0.25) is 11.9 Å². The SMILES string of the molecule is N#Cc1ccc2[nH]cc(CCCCNCCNc3ncc(-c4ccc(C(N)=O)cn4)cn3)c2c1. The fraction of sp³-hybridized carbons (Fsp3) is 0.240. The van der Waals surface area contributed by atoms with Gasteiger partial charge in [0.1, 0.15) is 0 Å². The van der Waals surface area contributed by atoms with E-state index in [0.717, 1.165) is 48.8 Å². The van der Waals surface area contributed by atoms with Crippen LogP contribution in [0.3, 0.4) is 0 Å². The fourth-order valence-electron chi connectivity index (χ4n) is 3.67. The minimum Gasteiger partial charge on any atom is -0.366 e. The van der Waals surface area contributed by atoms with Crippen LogP contribution < -0.4 is 16.4 Å². The van der Waals surface area contributed by atoms with E-state index in [9.17, 15) is 4.79 Å². The minimum absolute atomic E-state index is 0.364. The molecule has 0 aliphatic rings. The van der Waals surface area contributed by atoms with E-state index in [0.29, 0.717) is 29.3 Å². The van der Waals surface area contributed by atoms with Gasteiger partial charge in [-0.15, -0.1) is 0 Å². The van der Waals surface area contributed by atoms with Gasteiger partial charge in [-0.25, -0.2) is 9.97 Å². The highest BCUT2D eigenvalue weighted by Gasteiger charge is 2.06. The molecule has 34 heavy (non-hydrogen) atoms. The Hall–Kier alpha value is -4.29. The summed E-state index contributed by atoms with van der Waals surface area (Å²) >= 11 is 0. The molecule has 9 nitrogen and oxygen atoms in total. The molecule has 3 aromatic heterocycles. The lowest BCUT2D eigenvalue weighted by Crippen LogP contribution is -2.23. The standard InChI is InChI=1S/C25H26N8O/c26-12-17-4-6-23-21(11-17)18(13-31-23)3-1-2-8-28-9-10-29-25-32-15-20(16-33-25)22-7-5-19(14-30-22)24(27)34/h4-7,11,13-16,28,31H,1-3,8-10H2,(H2,27,34)(H,29,32,33). The summed E-state index contributed by atoms with van der Waals surface area (Å²) in [6, 6.07) is 11.3. The first-order valence-electron chi connectivity index (χ1n) is 11.2. The number of benzene rings is 1. The third-order valence-electron chi connectivity index (χ3n) is 5.53. The van der Waals surface area contributed by atoms with Crippen molar-refractivity contribution < 1.29 is 4.79 Å². The van der Waals surface area contributed by atoms with E-state index in [-0.39, 0.29) is 0 Å². The van der Waals surface area contributed by atoms with E-state index < -0.39 is 5.91 Å². The zero-order valence-corrected chi connectivity index (χ0v) is 18.7. The molecule has 0 aliphatic carbocycles. The van der Waals surface area contributed by atoms with Crippen molar-refractivity contribution in [2.24, 2.45) is 5.73 Å². The third kappa shape index (κ3) is 5.74. The molecule has 172 valence electrons. The molecule has 0 bridgehead atoms. The Morgan fingerprint density at radius 1 is 1.03 bits per heavy atom. The number of anilines is 1. The maximum atomic E-state index is 11.1. The number of carbonyl (C=O) groups excluding carboxylic acids is 1. The van der Waals surface area contributed by atoms with E-state index in [1.54, 1.807) is 24.5 Å². The summed E-state index contributed by atoms with van der Waals surface area (Å²) in [6.07, 6.45) is 10.00.